The lowest BCUT2D eigenvalue weighted by Gasteiger charge is -2.23. The monoisotopic (exact) mass is 318 g/mol. The average Bonchev–Trinajstić information content (AvgIpc) is 2.77. The van der Waals surface area contributed by atoms with Gasteiger partial charge in [0, 0.05) is 13.0 Å². The molecule has 0 bridgehead atoms. The van der Waals surface area contributed by atoms with E-state index in [2.05, 4.69) is 39.2 Å². The molecule has 0 saturated carbocycles. The van der Waals surface area contributed by atoms with Crippen molar-refractivity contribution in [3.05, 3.63) is 51.8 Å². The summed E-state index contributed by atoms with van der Waals surface area (Å²) in [5, 5.41) is 4.13. The first-order valence-electron chi connectivity index (χ1n) is 6.45. The molecule has 98 valence electrons. The molecule has 1 aromatic carbocycles. The Hall–Kier alpha value is -1.42. The summed E-state index contributed by atoms with van der Waals surface area (Å²) in [6.07, 6.45) is 4.44. The van der Waals surface area contributed by atoms with Gasteiger partial charge in [0.15, 0.2) is 5.78 Å². The van der Waals surface area contributed by atoms with Crippen LogP contribution in [0.3, 0.4) is 0 Å². The van der Waals surface area contributed by atoms with Crippen molar-refractivity contribution in [3.63, 3.8) is 0 Å². The third kappa shape index (κ3) is 2.25. The van der Waals surface area contributed by atoms with Gasteiger partial charge >= 0.3 is 0 Å². The fraction of sp³-hybridized carbons (Fsp3) is 0.333. The molecule has 0 radical (unpaired) electrons. The van der Waals surface area contributed by atoms with E-state index < -0.39 is 0 Å². The summed E-state index contributed by atoms with van der Waals surface area (Å²) in [6, 6.07) is 8.41. The standard InChI is InChI=1S/C15H15BrN2O/c1-18-14(13(16)9-17-18)15(19)12-7-6-10-4-2-3-5-11(10)8-12/h2-5,9,12H,6-8H2,1H3. The number of aromatic nitrogens is 2. The molecule has 0 fully saturated rings. The van der Waals surface area contributed by atoms with Crippen LogP contribution in [0, 0.1) is 5.92 Å². The second kappa shape index (κ2) is 4.93. The van der Waals surface area contributed by atoms with Gasteiger partial charge in [-0.25, -0.2) is 0 Å². The van der Waals surface area contributed by atoms with Gasteiger partial charge in [-0.15, -0.1) is 0 Å². The zero-order valence-corrected chi connectivity index (χ0v) is 12.4. The number of benzene rings is 1. The van der Waals surface area contributed by atoms with Crippen LogP contribution >= 0.6 is 15.9 Å². The molecular formula is C15H15BrN2O. The first-order chi connectivity index (χ1) is 9.16. The van der Waals surface area contributed by atoms with E-state index >= 15 is 0 Å². The van der Waals surface area contributed by atoms with E-state index in [0.29, 0.717) is 5.69 Å². The smallest absolute Gasteiger partial charge is 0.185 e. The number of carbonyl (C=O) groups excluding carboxylic acids is 1. The maximum atomic E-state index is 12.6. The minimum absolute atomic E-state index is 0.0709. The molecule has 0 saturated heterocycles. The fourth-order valence-corrected chi connectivity index (χ4v) is 3.35. The predicted octanol–water partition coefficient (Wildman–Crippen LogP) is 3.17. The quantitative estimate of drug-likeness (QED) is 0.797. The van der Waals surface area contributed by atoms with E-state index in [0.717, 1.165) is 23.7 Å². The van der Waals surface area contributed by atoms with Crippen molar-refractivity contribution in [1.82, 2.24) is 9.78 Å². The summed E-state index contributed by atoms with van der Waals surface area (Å²) in [7, 11) is 1.81. The number of hydrogen-bond donors (Lipinski definition) is 0. The van der Waals surface area contributed by atoms with E-state index in [1.165, 1.54) is 11.1 Å². The van der Waals surface area contributed by atoms with Crippen molar-refractivity contribution in [2.45, 2.75) is 19.3 Å². The molecular weight excluding hydrogens is 304 g/mol. The lowest BCUT2D eigenvalue weighted by molar-refractivity contribution is 0.0898. The van der Waals surface area contributed by atoms with Gasteiger partial charge in [0.1, 0.15) is 5.69 Å². The Bertz CT molecular complexity index is 613. The second-order valence-electron chi connectivity index (χ2n) is 5.04. The lowest BCUT2D eigenvalue weighted by atomic mass is 9.81. The highest BCUT2D eigenvalue weighted by Crippen LogP contribution is 2.29. The van der Waals surface area contributed by atoms with Crippen molar-refractivity contribution in [3.8, 4) is 0 Å². The Balaban J connectivity index is 1.88. The molecule has 1 unspecified atom stereocenters. The highest BCUT2D eigenvalue weighted by molar-refractivity contribution is 9.10. The van der Waals surface area contributed by atoms with Gasteiger partial charge in [0.2, 0.25) is 0 Å². The zero-order valence-electron chi connectivity index (χ0n) is 10.8. The summed E-state index contributed by atoms with van der Waals surface area (Å²) < 4.78 is 2.45. The highest BCUT2D eigenvalue weighted by atomic mass is 79.9. The maximum Gasteiger partial charge on any atom is 0.185 e. The molecule has 1 aliphatic carbocycles. The number of rotatable bonds is 2. The van der Waals surface area contributed by atoms with Gasteiger partial charge in [-0.1, -0.05) is 24.3 Å². The van der Waals surface area contributed by atoms with E-state index in [1.807, 2.05) is 13.1 Å². The molecule has 1 aromatic heterocycles. The second-order valence-corrected chi connectivity index (χ2v) is 5.89. The van der Waals surface area contributed by atoms with Crippen LogP contribution in [-0.2, 0) is 19.9 Å². The Morgan fingerprint density at radius 2 is 2.11 bits per heavy atom. The van der Waals surface area contributed by atoms with Gasteiger partial charge in [-0.2, -0.15) is 5.10 Å². The fourth-order valence-electron chi connectivity index (χ4n) is 2.80. The van der Waals surface area contributed by atoms with Gasteiger partial charge in [0.25, 0.3) is 0 Å². The number of Topliss-reactive ketones (excluding diaryl/α,β-unsaturated/α-hetero) is 1. The van der Waals surface area contributed by atoms with Crippen LogP contribution in [0.4, 0.5) is 0 Å². The predicted molar refractivity (Wildman–Crippen MR) is 77.2 cm³/mol. The van der Waals surface area contributed by atoms with Crippen LogP contribution < -0.4 is 0 Å². The summed E-state index contributed by atoms with van der Waals surface area (Å²) in [4.78, 5) is 12.6. The van der Waals surface area contributed by atoms with E-state index in [4.69, 9.17) is 0 Å². The van der Waals surface area contributed by atoms with Crippen LogP contribution in [0.25, 0.3) is 0 Å². The van der Waals surface area contributed by atoms with Gasteiger partial charge in [0.05, 0.1) is 10.7 Å². The lowest BCUT2D eigenvalue weighted by Crippen LogP contribution is -2.24. The SMILES string of the molecule is Cn1ncc(Br)c1C(=O)C1CCc2ccccc2C1. The largest absolute Gasteiger partial charge is 0.292 e. The number of halogens is 1. The number of carbonyl (C=O) groups is 1. The van der Waals surface area contributed by atoms with Crippen LogP contribution in [0.15, 0.2) is 34.9 Å². The minimum atomic E-state index is 0.0709. The average molecular weight is 319 g/mol. The van der Waals surface area contributed by atoms with E-state index in [1.54, 1.807) is 10.9 Å². The third-order valence-electron chi connectivity index (χ3n) is 3.85. The Labute approximate surface area is 120 Å². The number of ketones is 1. The first kappa shape index (κ1) is 12.6. The van der Waals surface area contributed by atoms with Crippen LogP contribution in [0.5, 0.6) is 0 Å². The molecule has 0 N–H and O–H groups in total. The molecule has 3 rings (SSSR count). The van der Waals surface area contributed by atoms with Crippen molar-refractivity contribution in [1.29, 1.82) is 0 Å². The van der Waals surface area contributed by atoms with Crippen molar-refractivity contribution < 1.29 is 4.79 Å². The normalized spacial score (nSPS) is 18.1. The van der Waals surface area contributed by atoms with Crippen LogP contribution in [-0.4, -0.2) is 15.6 Å². The van der Waals surface area contributed by atoms with E-state index in [9.17, 15) is 4.79 Å². The molecule has 2 aromatic rings. The minimum Gasteiger partial charge on any atom is -0.292 e. The van der Waals surface area contributed by atoms with Crippen molar-refractivity contribution in [2.24, 2.45) is 13.0 Å². The molecule has 19 heavy (non-hydrogen) atoms. The van der Waals surface area contributed by atoms with Crippen LogP contribution in [0.1, 0.15) is 28.0 Å². The molecule has 1 atom stereocenters. The molecule has 0 amide bonds. The molecule has 1 heterocycles. The zero-order chi connectivity index (χ0) is 13.4. The maximum absolute atomic E-state index is 12.6. The number of aryl methyl sites for hydroxylation is 2. The number of fused-ring (bicyclic) bond motifs is 1. The van der Waals surface area contributed by atoms with Gasteiger partial charge in [-0.3, -0.25) is 9.48 Å². The van der Waals surface area contributed by atoms with Gasteiger partial charge in [-0.05, 0) is 46.3 Å². The van der Waals surface area contributed by atoms with Gasteiger partial charge < -0.3 is 0 Å². The number of hydrogen-bond acceptors (Lipinski definition) is 2. The Morgan fingerprint density at radius 3 is 2.79 bits per heavy atom. The highest BCUT2D eigenvalue weighted by Gasteiger charge is 2.28. The molecule has 4 heteroatoms. The third-order valence-corrected chi connectivity index (χ3v) is 4.43. The molecule has 0 spiro atoms. The van der Waals surface area contributed by atoms with Crippen molar-refractivity contribution in [2.75, 3.05) is 0 Å². The summed E-state index contributed by atoms with van der Waals surface area (Å²) >= 11 is 3.41. The van der Waals surface area contributed by atoms with E-state index in [-0.39, 0.29) is 11.7 Å². The molecule has 0 aliphatic heterocycles. The summed E-state index contributed by atoms with van der Waals surface area (Å²) in [5.41, 5.74) is 3.38. The summed E-state index contributed by atoms with van der Waals surface area (Å²) in [5.74, 6) is 0.267. The molecule has 1 aliphatic rings. The molecule has 3 nitrogen and oxygen atoms in total. The number of nitrogens with zero attached hydrogens (tertiary/aromatic N) is 2. The van der Waals surface area contributed by atoms with Crippen molar-refractivity contribution >= 4 is 21.7 Å². The Kier molecular flexibility index (Phi) is 3.27. The summed E-state index contributed by atoms with van der Waals surface area (Å²) in [6.45, 7) is 0. The van der Waals surface area contributed by atoms with Crippen LogP contribution in [0.2, 0.25) is 0 Å². The Morgan fingerprint density at radius 1 is 1.37 bits per heavy atom. The first-order valence-corrected chi connectivity index (χ1v) is 7.24. The topological polar surface area (TPSA) is 34.9 Å².